The molecule has 0 aliphatic carbocycles. The average molecular weight is 615 g/mol. The van der Waals surface area contributed by atoms with Crippen molar-refractivity contribution in [1.82, 2.24) is 30.4 Å². The van der Waals surface area contributed by atoms with Crippen molar-refractivity contribution < 1.29 is 27.1 Å². The van der Waals surface area contributed by atoms with Gasteiger partial charge in [0.1, 0.15) is 29.9 Å². The van der Waals surface area contributed by atoms with E-state index >= 15 is 0 Å². The standard InChI is InChI=1S/C23H14ClF3N6O3.C6H12O/c24-13-5-4-11(15(25)8-13)10-35-20-3-1-2-18(28-20)14-9-16(26)12(6-17(14)27)7-19-29-21(31-30-19)22-32-33-23(34)36-22;1-6(2)3-4-7-5-6/h1-6,8-9H,7,10H2,(H,33,34)(H,29,30,31);3-5H2,1-2H3. The first-order valence-electron chi connectivity index (χ1n) is 13.1. The number of aromatic amines is 2. The summed E-state index contributed by atoms with van der Waals surface area (Å²) in [6, 6.07) is 10.8. The van der Waals surface area contributed by atoms with Crippen LogP contribution in [0.5, 0.6) is 5.88 Å². The third kappa shape index (κ3) is 7.67. The molecule has 1 aliphatic heterocycles. The van der Waals surface area contributed by atoms with Crippen LogP contribution in [-0.2, 0) is 17.8 Å². The molecule has 43 heavy (non-hydrogen) atoms. The number of ether oxygens (including phenoxy) is 2. The third-order valence-electron chi connectivity index (χ3n) is 6.46. The molecule has 1 aliphatic rings. The summed E-state index contributed by atoms with van der Waals surface area (Å²) in [6.45, 7) is 6.26. The summed E-state index contributed by atoms with van der Waals surface area (Å²) in [5.74, 6) is -2.59. The molecule has 0 bridgehead atoms. The first-order valence-corrected chi connectivity index (χ1v) is 13.5. The summed E-state index contributed by atoms with van der Waals surface area (Å²) in [7, 11) is 0. The van der Waals surface area contributed by atoms with Gasteiger partial charge in [-0.25, -0.2) is 33.0 Å². The molecule has 0 spiro atoms. The lowest BCUT2D eigenvalue weighted by Gasteiger charge is -2.11. The van der Waals surface area contributed by atoms with E-state index in [1.165, 1.54) is 30.7 Å². The number of benzene rings is 2. The molecule has 3 aromatic heterocycles. The van der Waals surface area contributed by atoms with E-state index in [1.807, 2.05) is 0 Å². The predicted molar refractivity (Wildman–Crippen MR) is 150 cm³/mol. The Bertz CT molecular complexity index is 1780. The van der Waals surface area contributed by atoms with Crippen LogP contribution in [-0.4, -0.2) is 43.6 Å². The quantitative estimate of drug-likeness (QED) is 0.232. The SMILES string of the molecule is CC1(C)CCOC1.O=c1[nH]nc(-c2n[nH]c(Cc3cc(F)c(-c4cccc(OCc5ccc(Cl)cc5F)n4)cc3F)n2)o1. The van der Waals surface area contributed by atoms with Crippen molar-refractivity contribution in [1.29, 1.82) is 0 Å². The van der Waals surface area contributed by atoms with Crippen LogP contribution >= 0.6 is 11.6 Å². The second kappa shape index (κ2) is 12.8. The van der Waals surface area contributed by atoms with Crippen LogP contribution in [0.15, 0.2) is 57.7 Å². The molecule has 2 N–H and O–H groups in total. The van der Waals surface area contributed by atoms with E-state index in [0.29, 0.717) is 5.41 Å². The number of pyridine rings is 1. The van der Waals surface area contributed by atoms with Crippen molar-refractivity contribution in [3.8, 4) is 28.9 Å². The summed E-state index contributed by atoms with van der Waals surface area (Å²) >= 11 is 5.75. The van der Waals surface area contributed by atoms with E-state index in [9.17, 15) is 18.0 Å². The minimum absolute atomic E-state index is 0.00745. The molecule has 0 atom stereocenters. The smallest absolute Gasteiger partial charge is 0.434 e. The number of H-pyrrole nitrogens is 2. The second-order valence-corrected chi connectivity index (χ2v) is 10.9. The van der Waals surface area contributed by atoms with E-state index in [0.717, 1.165) is 31.4 Å². The van der Waals surface area contributed by atoms with Gasteiger partial charge in [0.05, 0.1) is 12.3 Å². The van der Waals surface area contributed by atoms with Crippen molar-refractivity contribution in [2.24, 2.45) is 5.41 Å². The lowest BCUT2D eigenvalue weighted by molar-refractivity contribution is 0.167. The molecule has 5 aromatic rings. The topological polar surface area (TPSA) is 132 Å². The molecular weight excluding hydrogens is 589 g/mol. The Kier molecular flexibility index (Phi) is 8.92. The van der Waals surface area contributed by atoms with Gasteiger partial charge in [-0.3, -0.25) is 5.10 Å². The van der Waals surface area contributed by atoms with Crippen molar-refractivity contribution in [2.75, 3.05) is 13.2 Å². The molecular formula is C29H26ClF3N6O4. The van der Waals surface area contributed by atoms with Gasteiger partial charge < -0.3 is 13.9 Å². The van der Waals surface area contributed by atoms with Gasteiger partial charge in [-0.05, 0) is 47.7 Å². The zero-order valence-electron chi connectivity index (χ0n) is 23.1. The summed E-state index contributed by atoms with van der Waals surface area (Å²) in [5, 5.41) is 12.4. The lowest BCUT2D eigenvalue weighted by atomic mass is 9.94. The minimum atomic E-state index is -0.778. The van der Waals surface area contributed by atoms with Crippen molar-refractivity contribution in [2.45, 2.75) is 33.3 Å². The maximum atomic E-state index is 14.9. The highest BCUT2D eigenvalue weighted by molar-refractivity contribution is 6.30. The fraction of sp³-hybridized carbons (Fsp3) is 0.276. The number of aromatic nitrogens is 6. The highest BCUT2D eigenvalue weighted by Gasteiger charge is 2.23. The van der Waals surface area contributed by atoms with Gasteiger partial charge in [-0.15, -0.1) is 10.2 Å². The van der Waals surface area contributed by atoms with Crippen LogP contribution in [0.4, 0.5) is 13.2 Å². The predicted octanol–water partition coefficient (Wildman–Crippen LogP) is 5.88. The number of nitrogens with one attached hydrogen (secondary N) is 2. The normalized spacial score (nSPS) is 13.9. The highest BCUT2D eigenvalue weighted by Crippen LogP contribution is 2.28. The summed E-state index contributed by atoms with van der Waals surface area (Å²) in [5.41, 5.74) is 0.782. The molecule has 14 heteroatoms. The molecule has 0 unspecified atom stereocenters. The van der Waals surface area contributed by atoms with Gasteiger partial charge in [0.25, 0.3) is 5.89 Å². The van der Waals surface area contributed by atoms with Crippen molar-refractivity contribution in [3.05, 3.63) is 98.5 Å². The summed E-state index contributed by atoms with van der Waals surface area (Å²) < 4.78 is 59.2. The van der Waals surface area contributed by atoms with Gasteiger partial charge in [-0.1, -0.05) is 37.6 Å². The zero-order chi connectivity index (χ0) is 30.6. The van der Waals surface area contributed by atoms with Gasteiger partial charge in [0.2, 0.25) is 11.7 Å². The average Bonchev–Trinajstić information content (AvgIpc) is 3.72. The molecule has 4 heterocycles. The number of hydrogen-bond donors (Lipinski definition) is 2. The number of rotatable bonds is 7. The molecule has 2 aromatic carbocycles. The number of hydrogen-bond acceptors (Lipinski definition) is 8. The molecule has 0 radical (unpaired) electrons. The van der Waals surface area contributed by atoms with Crippen molar-refractivity contribution >= 4 is 11.6 Å². The van der Waals surface area contributed by atoms with Gasteiger partial charge in [-0.2, -0.15) is 0 Å². The first-order chi connectivity index (χ1) is 20.6. The van der Waals surface area contributed by atoms with Crippen LogP contribution in [0.2, 0.25) is 5.02 Å². The van der Waals surface area contributed by atoms with Gasteiger partial charge >= 0.3 is 5.76 Å². The molecule has 0 saturated carbocycles. The fourth-order valence-corrected chi connectivity index (χ4v) is 4.26. The summed E-state index contributed by atoms with van der Waals surface area (Å²) in [4.78, 5) is 19.3. The Morgan fingerprint density at radius 1 is 0.977 bits per heavy atom. The highest BCUT2D eigenvalue weighted by atomic mass is 35.5. The molecule has 224 valence electrons. The molecule has 0 amide bonds. The maximum absolute atomic E-state index is 14.9. The third-order valence-corrected chi connectivity index (χ3v) is 6.70. The largest absolute Gasteiger partial charge is 0.473 e. The van der Waals surface area contributed by atoms with E-state index < -0.39 is 23.2 Å². The van der Waals surface area contributed by atoms with Gasteiger partial charge in [0.15, 0.2) is 0 Å². The zero-order valence-corrected chi connectivity index (χ0v) is 23.8. The van der Waals surface area contributed by atoms with Crippen molar-refractivity contribution in [3.63, 3.8) is 0 Å². The molecule has 6 rings (SSSR count). The molecule has 1 fully saturated rings. The van der Waals surface area contributed by atoms with Crippen LogP contribution in [0.25, 0.3) is 23.0 Å². The van der Waals surface area contributed by atoms with Crippen LogP contribution in [0.3, 0.4) is 0 Å². The number of halogens is 4. The monoisotopic (exact) mass is 614 g/mol. The number of nitrogens with zero attached hydrogens (tertiary/aromatic N) is 4. The Morgan fingerprint density at radius 2 is 1.79 bits per heavy atom. The van der Waals surface area contributed by atoms with E-state index in [-0.39, 0.29) is 63.9 Å². The lowest BCUT2D eigenvalue weighted by Crippen LogP contribution is -2.08. The van der Waals surface area contributed by atoms with Crippen LogP contribution < -0.4 is 10.5 Å². The van der Waals surface area contributed by atoms with Gasteiger partial charge in [0, 0.05) is 35.2 Å². The van der Waals surface area contributed by atoms with Crippen LogP contribution in [0, 0.1) is 22.9 Å². The minimum Gasteiger partial charge on any atom is -0.473 e. The Balaban J connectivity index is 0.000000463. The Labute approximate surface area is 248 Å². The maximum Gasteiger partial charge on any atom is 0.434 e. The van der Waals surface area contributed by atoms with E-state index in [1.54, 1.807) is 6.07 Å². The molecule has 1 saturated heterocycles. The first kappa shape index (κ1) is 30.0. The fourth-order valence-electron chi connectivity index (χ4n) is 4.10. The van der Waals surface area contributed by atoms with E-state index in [4.69, 9.17) is 25.5 Å². The Hall–Kier alpha value is -4.49. The summed E-state index contributed by atoms with van der Waals surface area (Å²) in [6.07, 6.45) is 1.11. The second-order valence-electron chi connectivity index (χ2n) is 10.5. The Morgan fingerprint density at radius 3 is 2.47 bits per heavy atom. The molecule has 10 nitrogen and oxygen atoms in total. The van der Waals surface area contributed by atoms with Crippen LogP contribution in [0.1, 0.15) is 37.2 Å². The van der Waals surface area contributed by atoms with E-state index in [2.05, 4.69) is 44.2 Å².